The number of hydrogen-bond donors (Lipinski definition) is 2. The van der Waals surface area contributed by atoms with Crippen LogP contribution in [0.5, 0.6) is 5.75 Å². The number of anilines is 1. The molecule has 0 aliphatic carbocycles. The summed E-state index contributed by atoms with van der Waals surface area (Å²) in [5, 5.41) is 1.97. The van der Waals surface area contributed by atoms with Gasteiger partial charge in [0.05, 0.1) is 7.11 Å². The lowest BCUT2D eigenvalue weighted by atomic mass is 10.2. The van der Waals surface area contributed by atoms with Crippen LogP contribution in [0.3, 0.4) is 0 Å². The van der Waals surface area contributed by atoms with Crippen LogP contribution >= 0.6 is 11.3 Å². The number of ether oxygens (including phenoxy) is 1. The second kappa shape index (κ2) is 6.46. The first-order valence-corrected chi connectivity index (χ1v) is 8.77. The highest BCUT2D eigenvalue weighted by molar-refractivity contribution is 7.89. The van der Waals surface area contributed by atoms with Gasteiger partial charge in [0.1, 0.15) is 10.6 Å². The Labute approximate surface area is 128 Å². The highest BCUT2D eigenvalue weighted by Gasteiger charge is 2.22. The second-order valence-electron chi connectivity index (χ2n) is 4.72. The van der Waals surface area contributed by atoms with Gasteiger partial charge in [0.15, 0.2) is 0 Å². The fourth-order valence-electron chi connectivity index (χ4n) is 2.00. The molecular weight excluding hydrogens is 308 g/mol. The molecule has 0 radical (unpaired) electrons. The molecule has 0 aliphatic rings. The number of thiophene rings is 1. The summed E-state index contributed by atoms with van der Waals surface area (Å²) in [6.07, 6.45) is 0.640. The minimum absolute atomic E-state index is 0.0584. The highest BCUT2D eigenvalue weighted by Crippen LogP contribution is 2.26. The number of nitrogens with two attached hydrogens (primary N) is 1. The standard InChI is InChI=1S/C14H18N2O3S2/c1-10(8-12-4-3-7-20-12)16-21(17,18)14-9-11(15)5-6-13(14)19-2/h3-7,9-10,16H,8,15H2,1-2H3. The highest BCUT2D eigenvalue weighted by atomic mass is 32.2. The van der Waals surface area contributed by atoms with Gasteiger partial charge in [0.25, 0.3) is 0 Å². The first-order chi connectivity index (χ1) is 9.92. The number of rotatable bonds is 6. The molecule has 0 spiro atoms. The summed E-state index contributed by atoms with van der Waals surface area (Å²) in [7, 11) is -2.25. The molecule has 1 aromatic carbocycles. The first-order valence-electron chi connectivity index (χ1n) is 6.40. The molecule has 0 saturated heterocycles. The van der Waals surface area contributed by atoms with Gasteiger partial charge in [-0.2, -0.15) is 0 Å². The SMILES string of the molecule is COc1ccc(N)cc1S(=O)(=O)NC(C)Cc1cccs1. The molecule has 0 saturated carbocycles. The Morgan fingerprint density at radius 2 is 2.14 bits per heavy atom. The van der Waals surface area contributed by atoms with Crippen molar-refractivity contribution in [3.8, 4) is 5.75 Å². The zero-order valence-corrected chi connectivity index (χ0v) is 13.5. The summed E-state index contributed by atoms with van der Waals surface area (Å²) in [4.78, 5) is 1.19. The fraction of sp³-hybridized carbons (Fsp3) is 0.286. The lowest BCUT2D eigenvalue weighted by molar-refractivity contribution is 0.402. The third-order valence-corrected chi connectivity index (χ3v) is 5.43. The minimum Gasteiger partial charge on any atom is -0.495 e. The van der Waals surface area contributed by atoms with Gasteiger partial charge in [-0.05, 0) is 43.0 Å². The molecule has 5 nitrogen and oxygen atoms in total. The van der Waals surface area contributed by atoms with Crippen molar-refractivity contribution in [2.45, 2.75) is 24.3 Å². The molecule has 7 heteroatoms. The Hall–Kier alpha value is -1.57. The Kier molecular flexibility index (Phi) is 4.87. The Morgan fingerprint density at radius 3 is 2.76 bits per heavy atom. The van der Waals surface area contributed by atoms with Gasteiger partial charge in [-0.3, -0.25) is 0 Å². The van der Waals surface area contributed by atoms with Crippen molar-refractivity contribution in [1.29, 1.82) is 0 Å². The van der Waals surface area contributed by atoms with E-state index in [0.29, 0.717) is 12.1 Å². The molecule has 3 N–H and O–H groups in total. The van der Waals surface area contributed by atoms with Crippen molar-refractivity contribution in [1.82, 2.24) is 4.72 Å². The monoisotopic (exact) mass is 326 g/mol. The minimum atomic E-state index is -3.68. The largest absolute Gasteiger partial charge is 0.495 e. The summed E-state index contributed by atoms with van der Waals surface area (Å²) < 4.78 is 32.7. The van der Waals surface area contributed by atoms with E-state index in [1.165, 1.54) is 13.2 Å². The Morgan fingerprint density at radius 1 is 1.38 bits per heavy atom. The van der Waals surface area contributed by atoms with E-state index in [4.69, 9.17) is 10.5 Å². The summed E-state index contributed by atoms with van der Waals surface area (Å²) in [5.41, 5.74) is 6.05. The third-order valence-electron chi connectivity index (χ3n) is 2.92. The molecule has 0 aliphatic heterocycles. The quantitative estimate of drug-likeness (QED) is 0.798. The topological polar surface area (TPSA) is 81.4 Å². The van der Waals surface area contributed by atoms with Gasteiger partial charge in [-0.25, -0.2) is 13.1 Å². The van der Waals surface area contributed by atoms with Crippen molar-refractivity contribution in [2.24, 2.45) is 0 Å². The number of hydrogen-bond acceptors (Lipinski definition) is 5. The van der Waals surface area contributed by atoms with E-state index in [1.54, 1.807) is 23.5 Å². The lowest BCUT2D eigenvalue weighted by Gasteiger charge is -2.15. The maximum atomic E-state index is 12.5. The van der Waals surface area contributed by atoms with E-state index >= 15 is 0 Å². The Bertz CT molecular complexity index is 697. The molecule has 1 atom stereocenters. The number of benzene rings is 1. The van der Waals surface area contributed by atoms with Gasteiger partial charge in [-0.1, -0.05) is 6.07 Å². The van der Waals surface area contributed by atoms with Gasteiger partial charge >= 0.3 is 0 Å². The molecule has 2 aromatic rings. The van der Waals surface area contributed by atoms with Crippen molar-refractivity contribution in [3.05, 3.63) is 40.6 Å². The summed E-state index contributed by atoms with van der Waals surface area (Å²) in [5.74, 6) is 0.278. The third kappa shape index (κ3) is 3.96. The molecule has 1 heterocycles. The second-order valence-corrected chi connectivity index (χ2v) is 7.43. The molecule has 0 amide bonds. The van der Waals surface area contributed by atoms with Crippen LogP contribution in [0.1, 0.15) is 11.8 Å². The zero-order chi connectivity index (χ0) is 15.5. The fourth-order valence-corrected chi connectivity index (χ4v) is 4.29. The number of nitrogens with one attached hydrogen (secondary N) is 1. The van der Waals surface area contributed by atoms with Crippen molar-refractivity contribution >= 4 is 27.0 Å². The summed E-state index contributed by atoms with van der Waals surface area (Å²) in [6, 6.07) is 8.26. The molecule has 0 bridgehead atoms. The van der Waals surface area contributed by atoms with E-state index < -0.39 is 10.0 Å². The number of sulfonamides is 1. The van der Waals surface area contributed by atoms with Crippen LogP contribution in [0, 0.1) is 0 Å². The first kappa shape index (κ1) is 15.8. The molecule has 2 rings (SSSR count). The number of nitrogen functional groups attached to an aromatic ring is 1. The molecule has 0 fully saturated rings. The van der Waals surface area contributed by atoms with E-state index in [2.05, 4.69) is 4.72 Å². The van der Waals surface area contributed by atoms with Gasteiger partial charge in [-0.15, -0.1) is 11.3 Å². The number of methoxy groups -OCH3 is 1. The summed E-state index contributed by atoms with van der Waals surface area (Å²) in [6.45, 7) is 1.83. The average molecular weight is 326 g/mol. The van der Waals surface area contributed by atoms with Gasteiger partial charge in [0, 0.05) is 16.6 Å². The van der Waals surface area contributed by atoms with Gasteiger partial charge < -0.3 is 10.5 Å². The van der Waals surface area contributed by atoms with Crippen LogP contribution in [0.2, 0.25) is 0 Å². The average Bonchev–Trinajstić information content (AvgIpc) is 2.90. The normalized spacial score (nSPS) is 13.0. The molecule has 1 unspecified atom stereocenters. The summed E-state index contributed by atoms with van der Waals surface area (Å²) >= 11 is 1.60. The molecule has 21 heavy (non-hydrogen) atoms. The predicted molar refractivity (Wildman–Crippen MR) is 85.2 cm³/mol. The Balaban J connectivity index is 2.20. The van der Waals surface area contributed by atoms with Gasteiger partial charge in [0.2, 0.25) is 10.0 Å². The van der Waals surface area contributed by atoms with E-state index in [-0.39, 0.29) is 16.7 Å². The van der Waals surface area contributed by atoms with Crippen LogP contribution in [-0.2, 0) is 16.4 Å². The molecule has 114 valence electrons. The molecular formula is C14H18N2O3S2. The van der Waals surface area contributed by atoms with E-state index in [9.17, 15) is 8.42 Å². The van der Waals surface area contributed by atoms with E-state index in [1.807, 2.05) is 24.4 Å². The van der Waals surface area contributed by atoms with Crippen LogP contribution in [-0.4, -0.2) is 21.6 Å². The van der Waals surface area contributed by atoms with Crippen molar-refractivity contribution < 1.29 is 13.2 Å². The van der Waals surface area contributed by atoms with Crippen LogP contribution in [0.15, 0.2) is 40.6 Å². The smallest absolute Gasteiger partial charge is 0.244 e. The van der Waals surface area contributed by atoms with E-state index in [0.717, 1.165) is 4.88 Å². The maximum Gasteiger partial charge on any atom is 0.244 e. The maximum absolute atomic E-state index is 12.5. The zero-order valence-electron chi connectivity index (χ0n) is 11.9. The predicted octanol–water partition coefficient (Wildman–Crippen LogP) is 2.25. The van der Waals surface area contributed by atoms with Crippen LogP contribution in [0.4, 0.5) is 5.69 Å². The van der Waals surface area contributed by atoms with Crippen LogP contribution < -0.4 is 15.2 Å². The van der Waals surface area contributed by atoms with Crippen molar-refractivity contribution in [3.63, 3.8) is 0 Å². The van der Waals surface area contributed by atoms with Crippen LogP contribution in [0.25, 0.3) is 0 Å². The molecule has 1 aromatic heterocycles. The lowest BCUT2D eigenvalue weighted by Crippen LogP contribution is -2.34. The van der Waals surface area contributed by atoms with Crippen molar-refractivity contribution in [2.75, 3.05) is 12.8 Å².